The van der Waals surface area contributed by atoms with Crippen LogP contribution in [0.1, 0.15) is 49.5 Å². The van der Waals surface area contributed by atoms with Gasteiger partial charge in [-0.1, -0.05) is 0 Å². The predicted molar refractivity (Wildman–Crippen MR) is 145 cm³/mol. The molecule has 1 unspecified atom stereocenters. The molecule has 1 aromatic rings. The number of benzene rings is 1. The molecule has 1 N–H and O–H groups in total. The summed E-state index contributed by atoms with van der Waals surface area (Å²) in [4.78, 5) is 59.5. The van der Waals surface area contributed by atoms with E-state index in [-0.39, 0.29) is 37.3 Å². The number of rotatable bonds is 5. The Morgan fingerprint density at radius 3 is 2.20 bits per heavy atom. The second-order valence-corrected chi connectivity index (χ2v) is 12.0. The Bertz CT molecular complexity index is 1170. The highest BCUT2D eigenvalue weighted by Gasteiger charge is 2.41. The second kappa shape index (κ2) is 11.3. The number of fused-ring (bicyclic) bond motifs is 1. The summed E-state index contributed by atoms with van der Waals surface area (Å²) in [5.41, 5.74) is 1.25. The van der Waals surface area contributed by atoms with Crippen LogP contribution in [0.15, 0.2) is 12.1 Å². The summed E-state index contributed by atoms with van der Waals surface area (Å²) in [5, 5.41) is 2.31. The first kappa shape index (κ1) is 28.3. The molecule has 4 aliphatic heterocycles. The van der Waals surface area contributed by atoms with E-state index in [9.17, 15) is 23.6 Å². The number of piperidine rings is 1. The van der Waals surface area contributed by atoms with E-state index >= 15 is 0 Å². The molecule has 0 bridgehead atoms. The molecule has 4 heterocycles. The first-order chi connectivity index (χ1) is 19.0. The minimum atomic E-state index is -0.726. The number of carbonyl (C=O) groups is 4. The lowest BCUT2D eigenvalue weighted by Gasteiger charge is -2.39. The van der Waals surface area contributed by atoms with Gasteiger partial charge in [-0.2, -0.15) is 0 Å². The van der Waals surface area contributed by atoms with Gasteiger partial charge in [0.1, 0.15) is 17.5 Å². The van der Waals surface area contributed by atoms with Gasteiger partial charge in [0.15, 0.2) is 0 Å². The molecule has 1 atom stereocenters. The van der Waals surface area contributed by atoms with Gasteiger partial charge in [-0.3, -0.25) is 29.5 Å². The fraction of sp³-hybridized carbons (Fsp3) is 0.643. The molecule has 3 saturated heterocycles. The molecule has 1 aromatic carbocycles. The van der Waals surface area contributed by atoms with Crippen molar-refractivity contribution in [2.45, 2.75) is 51.8 Å². The number of anilines is 1. The third kappa shape index (κ3) is 6.22. The molecule has 11 nitrogen and oxygen atoms in total. The molecule has 3 fully saturated rings. The lowest BCUT2D eigenvalue weighted by Crippen LogP contribution is -2.53. The van der Waals surface area contributed by atoms with Crippen LogP contribution in [0.4, 0.5) is 14.9 Å². The highest BCUT2D eigenvalue weighted by atomic mass is 19.1. The van der Waals surface area contributed by atoms with Crippen LogP contribution >= 0.6 is 0 Å². The van der Waals surface area contributed by atoms with Crippen molar-refractivity contribution in [2.75, 3.05) is 70.3 Å². The van der Waals surface area contributed by atoms with Gasteiger partial charge in [0.25, 0.3) is 5.91 Å². The van der Waals surface area contributed by atoms with E-state index < -0.39 is 23.4 Å². The van der Waals surface area contributed by atoms with Gasteiger partial charge in [-0.25, -0.2) is 9.18 Å². The molecule has 218 valence electrons. The van der Waals surface area contributed by atoms with Crippen molar-refractivity contribution in [1.82, 2.24) is 24.9 Å². The van der Waals surface area contributed by atoms with Crippen molar-refractivity contribution in [3.8, 4) is 0 Å². The molecule has 5 rings (SSSR count). The second-order valence-electron chi connectivity index (χ2n) is 12.0. The monoisotopic (exact) mass is 558 g/mol. The van der Waals surface area contributed by atoms with Crippen LogP contribution in [0.25, 0.3) is 0 Å². The van der Waals surface area contributed by atoms with Crippen molar-refractivity contribution in [3.63, 3.8) is 0 Å². The van der Waals surface area contributed by atoms with Gasteiger partial charge in [0, 0.05) is 95.2 Å². The van der Waals surface area contributed by atoms with Crippen molar-refractivity contribution >= 4 is 29.5 Å². The van der Waals surface area contributed by atoms with Gasteiger partial charge < -0.3 is 19.4 Å². The SMILES string of the molecule is CC(C)(C)OC(=O)N1CCN(CCN2CCN(c3cc(F)cc4c3CN(C3CCC(=O)NC3=O)C4=O)CC2)CC1. The number of carbonyl (C=O) groups excluding carboxylic acids is 4. The summed E-state index contributed by atoms with van der Waals surface area (Å²) in [6, 6.07) is 2.02. The molecule has 0 aliphatic carbocycles. The van der Waals surface area contributed by atoms with Gasteiger partial charge >= 0.3 is 6.09 Å². The van der Waals surface area contributed by atoms with Crippen molar-refractivity contribution in [1.29, 1.82) is 0 Å². The smallest absolute Gasteiger partial charge is 0.410 e. The van der Waals surface area contributed by atoms with Gasteiger partial charge in [0.2, 0.25) is 11.8 Å². The van der Waals surface area contributed by atoms with Crippen LogP contribution in [0.2, 0.25) is 0 Å². The van der Waals surface area contributed by atoms with Crippen LogP contribution in [0.3, 0.4) is 0 Å². The fourth-order valence-corrected chi connectivity index (χ4v) is 5.87. The summed E-state index contributed by atoms with van der Waals surface area (Å²) in [5.74, 6) is -1.65. The predicted octanol–water partition coefficient (Wildman–Crippen LogP) is 1.26. The highest BCUT2D eigenvalue weighted by molar-refractivity contribution is 6.06. The maximum Gasteiger partial charge on any atom is 0.410 e. The highest BCUT2D eigenvalue weighted by Crippen LogP contribution is 2.35. The average molecular weight is 559 g/mol. The Morgan fingerprint density at radius 1 is 0.975 bits per heavy atom. The van der Waals surface area contributed by atoms with E-state index in [1.807, 2.05) is 20.8 Å². The van der Waals surface area contributed by atoms with Gasteiger partial charge in [-0.15, -0.1) is 0 Å². The Balaban J connectivity index is 1.13. The number of nitrogens with one attached hydrogen (secondary N) is 1. The number of ether oxygens (including phenoxy) is 1. The Labute approximate surface area is 234 Å². The number of hydrogen-bond donors (Lipinski definition) is 1. The summed E-state index contributed by atoms with van der Waals surface area (Å²) < 4.78 is 20.1. The van der Waals surface area contributed by atoms with E-state index in [0.717, 1.165) is 44.8 Å². The Hall–Kier alpha value is -3.25. The van der Waals surface area contributed by atoms with E-state index in [1.165, 1.54) is 17.0 Å². The van der Waals surface area contributed by atoms with Crippen LogP contribution in [0.5, 0.6) is 0 Å². The maximum atomic E-state index is 14.6. The summed E-state index contributed by atoms with van der Waals surface area (Å²) in [6.07, 6.45) is 0.199. The average Bonchev–Trinajstić information content (AvgIpc) is 3.22. The van der Waals surface area contributed by atoms with Crippen LogP contribution in [-0.2, 0) is 20.9 Å². The minimum absolute atomic E-state index is 0.180. The normalized spacial score (nSPS) is 22.9. The zero-order valence-corrected chi connectivity index (χ0v) is 23.6. The van der Waals surface area contributed by atoms with Gasteiger partial charge in [-0.05, 0) is 39.3 Å². The zero-order chi connectivity index (χ0) is 28.6. The van der Waals surface area contributed by atoms with Crippen molar-refractivity contribution in [3.05, 3.63) is 29.1 Å². The fourth-order valence-electron chi connectivity index (χ4n) is 5.87. The topological polar surface area (TPSA) is 106 Å². The number of amides is 4. The molecular weight excluding hydrogens is 519 g/mol. The molecule has 0 spiro atoms. The molecule has 0 aromatic heterocycles. The lowest BCUT2D eigenvalue weighted by molar-refractivity contribution is -0.136. The molecule has 4 aliphatic rings. The van der Waals surface area contributed by atoms with E-state index in [0.29, 0.717) is 37.4 Å². The summed E-state index contributed by atoms with van der Waals surface area (Å²) in [7, 11) is 0. The molecule has 12 heteroatoms. The first-order valence-electron chi connectivity index (χ1n) is 14.1. The third-order valence-corrected chi connectivity index (χ3v) is 8.07. The van der Waals surface area contributed by atoms with Crippen molar-refractivity contribution in [2.24, 2.45) is 0 Å². The molecular formula is C28H39FN6O5. The number of nitrogens with zero attached hydrogens (tertiary/aromatic N) is 5. The van der Waals surface area contributed by atoms with Crippen molar-refractivity contribution < 1.29 is 28.3 Å². The van der Waals surface area contributed by atoms with E-state index in [4.69, 9.17) is 4.74 Å². The van der Waals surface area contributed by atoms with Crippen LogP contribution < -0.4 is 10.2 Å². The van der Waals surface area contributed by atoms with E-state index in [1.54, 1.807) is 4.90 Å². The molecule has 4 amide bonds. The Kier molecular flexibility index (Phi) is 8.01. The number of imide groups is 1. The van der Waals surface area contributed by atoms with Crippen LogP contribution in [-0.4, -0.2) is 121 Å². The molecule has 0 saturated carbocycles. The zero-order valence-electron chi connectivity index (χ0n) is 23.6. The number of hydrogen-bond acceptors (Lipinski definition) is 8. The minimum Gasteiger partial charge on any atom is -0.444 e. The quantitative estimate of drug-likeness (QED) is 0.539. The molecule has 40 heavy (non-hydrogen) atoms. The standard InChI is InChI=1S/C28H39FN6O5/c1-28(2,3)40-27(39)34-14-10-32(11-15-34)7-6-31-8-12-33(13-9-31)23-17-19(29)16-20-21(23)18-35(26(20)38)22-4-5-24(36)30-25(22)37/h16-17,22H,4-15,18H2,1-3H3,(H,30,36,37). The maximum absolute atomic E-state index is 14.6. The Morgan fingerprint density at radius 2 is 1.60 bits per heavy atom. The van der Waals surface area contributed by atoms with Gasteiger partial charge in [0.05, 0.1) is 0 Å². The van der Waals surface area contributed by atoms with Crippen LogP contribution in [0, 0.1) is 5.82 Å². The largest absolute Gasteiger partial charge is 0.444 e. The summed E-state index contributed by atoms with van der Waals surface area (Å²) in [6.45, 7) is 13.6. The number of piperazine rings is 2. The summed E-state index contributed by atoms with van der Waals surface area (Å²) >= 11 is 0. The van der Waals surface area contributed by atoms with E-state index in [2.05, 4.69) is 20.0 Å². The molecule has 0 radical (unpaired) electrons. The third-order valence-electron chi connectivity index (χ3n) is 8.07. The first-order valence-corrected chi connectivity index (χ1v) is 14.1. The lowest BCUT2D eigenvalue weighted by atomic mass is 10.0. The number of halogens is 1.